The fourth-order valence-electron chi connectivity index (χ4n) is 12.2. The number of carbonyl (C=O) groups excluding carboxylic acids is 2. The van der Waals surface area contributed by atoms with Crippen LogP contribution < -0.4 is 26.4 Å². The van der Waals surface area contributed by atoms with E-state index in [9.17, 15) is 34.8 Å². The predicted octanol–water partition coefficient (Wildman–Crippen LogP) is 19.6. The van der Waals surface area contributed by atoms with E-state index in [1.165, 1.54) is 38.8 Å². The number of imidazole rings is 1. The fourth-order valence-corrected chi connectivity index (χ4v) is 12.6. The first-order valence-corrected chi connectivity index (χ1v) is 35.7. The Hall–Kier alpha value is -9.24. The Labute approximate surface area is 637 Å². The number of hydrogen-bond acceptors (Lipinski definition) is 6. The normalized spacial score (nSPS) is 11.3. The summed E-state index contributed by atoms with van der Waals surface area (Å²) in [5.74, 6) is 2.18. The minimum Gasteiger partial charge on any atom is -1.00 e. The molecular weight excluding hydrogens is 1490 g/mol. The zero-order valence-corrected chi connectivity index (χ0v) is 64.1. The molecule has 0 fully saturated rings. The maximum absolute atomic E-state index is 10.7. The van der Waals surface area contributed by atoms with E-state index in [-0.39, 0.29) is 72.6 Å². The van der Waals surface area contributed by atoms with Crippen LogP contribution in [0.3, 0.4) is 0 Å². The molecule has 542 valence electrons. The van der Waals surface area contributed by atoms with E-state index in [0.717, 1.165) is 89.6 Å². The van der Waals surface area contributed by atoms with Gasteiger partial charge in [0.05, 0.1) is 14.2 Å². The van der Waals surface area contributed by atoms with Gasteiger partial charge in [-0.15, -0.1) is 0 Å². The minimum absolute atomic E-state index is 0. The number of benzene rings is 11. The van der Waals surface area contributed by atoms with Crippen molar-refractivity contribution in [3.05, 3.63) is 387 Å². The summed E-state index contributed by atoms with van der Waals surface area (Å²) in [5, 5.41) is 0. The molecule has 18 heteroatoms. The Bertz CT molecular complexity index is 4020. The molecule has 0 saturated carbocycles. The molecule has 11 aromatic carbocycles. The number of carbonyl (C=O) groups is 2. The molecule has 12 rings (SSSR count). The summed E-state index contributed by atoms with van der Waals surface area (Å²) in [6.07, 6.45) is 4.33. The maximum Gasteiger partial charge on any atom is 2.00 e. The van der Waals surface area contributed by atoms with Crippen LogP contribution in [0.4, 0.5) is 25.2 Å². The van der Waals surface area contributed by atoms with Gasteiger partial charge in [0.25, 0.3) is 5.82 Å². The van der Waals surface area contributed by atoms with E-state index in [0.29, 0.717) is 15.9 Å². The number of thiocarbonyl (C=S) groups is 1. The number of ether oxygens (including phenoxy) is 2. The van der Waals surface area contributed by atoms with Crippen LogP contribution in [0.2, 0.25) is 0 Å². The molecule has 0 amide bonds. The van der Waals surface area contributed by atoms with Crippen LogP contribution in [0, 0.1) is 6.92 Å². The molecule has 0 atom stereocenters. The van der Waals surface area contributed by atoms with Crippen molar-refractivity contribution in [3.8, 4) is 22.9 Å². The van der Waals surface area contributed by atoms with Crippen LogP contribution in [-0.2, 0) is 41.7 Å². The predicted molar refractivity (Wildman–Crippen MR) is 410 cm³/mol. The number of nitrogens with zero attached hydrogens (tertiary/aromatic N) is 2. The molecule has 0 bridgehead atoms. The van der Waals surface area contributed by atoms with Gasteiger partial charge in [0, 0.05) is 45.9 Å². The molecule has 0 aliphatic carbocycles. The molecule has 1 heterocycles. The van der Waals surface area contributed by atoms with E-state index in [1.807, 2.05) is 0 Å². The second-order valence-electron chi connectivity index (χ2n) is 24.8. The van der Waals surface area contributed by atoms with Gasteiger partial charge in [-0.1, -0.05) is 286 Å². The molecule has 0 aliphatic heterocycles. The summed E-state index contributed by atoms with van der Waals surface area (Å²) in [6.45, 7) is 12.7. The monoisotopic (exact) mass is 1570 g/mol. The molecule has 2 N–H and O–H groups in total. The number of ketones is 2. The topological polar surface area (TPSA) is 92.9 Å². The van der Waals surface area contributed by atoms with E-state index < -0.39 is 7.81 Å². The standard InChI is InChI=1S/C70H56N2O2S2.C10H14.2C3H6O.ClH.F6P.H2O.Ru/c1-73-57-45-59(63(49-27-11-3-12-28-49)50-29-13-4-14-30-50)67(60(46-57)64(51-31-15-5-16-32-51)52-33-17-6-18-34-52)71-43-44-72(69(71)70(75)76)68-61(65(53-35-19-7-20-36-53)54-37-21-8-22-38-54)47-58(74-2)48-62(68)66(55-39-23-9-24-40-55)56-41-25-10-26-42-56;1-8(2)10-6-4-9(3)5-7-10;2*1-3(2)4;;1-7(2,3,4,5)6;;/h3-48,63-66H,1-2H3;4-8H,1-3H3;2*1-2H3;1H;;1H2;/q;;;;;-1;;+2/p-1. The molecule has 104 heavy (non-hydrogen) atoms. The third kappa shape index (κ3) is 24.7. The van der Waals surface area contributed by atoms with Crippen LogP contribution >= 0.6 is 20.0 Å². The molecule has 0 saturated heterocycles. The van der Waals surface area contributed by atoms with Crippen molar-refractivity contribution in [2.24, 2.45) is 0 Å². The Morgan fingerprint density at radius 3 is 0.856 bits per heavy atom. The average molecular weight is 1570 g/mol. The van der Waals surface area contributed by atoms with Gasteiger partial charge in [0.15, 0.2) is 0 Å². The summed E-state index contributed by atoms with van der Waals surface area (Å²) < 4.78 is 76.8. The van der Waals surface area contributed by atoms with Gasteiger partial charge in [0.2, 0.25) is 0 Å². The van der Waals surface area contributed by atoms with E-state index in [2.05, 4.69) is 333 Å². The number of aromatic nitrogens is 2. The largest absolute Gasteiger partial charge is 2.00 e. The van der Waals surface area contributed by atoms with Gasteiger partial charge in [-0.2, -0.15) is 9.13 Å². The molecular formula is C86H84ClF6N2O5PRuS2. The number of halogens is 7. The van der Waals surface area contributed by atoms with Crippen molar-refractivity contribution in [3.63, 3.8) is 0 Å². The molecule has 12 aromatic rings. The van der Waals surface area contributed by atoms with Crippen LogP contribution in [0.15, 0.2) is 304 Å². The quantitative estimate of drug-likeness (QED) is 0.0162. The Morgan fingerprint density at radius 1 is 0.423 bits per heavy atom. The van der Waals surface area contributed by atoms with Gasteiger partial charge in [-0.05, 0) is 119 Å². The first kappa shape index (κ1) is 85.4. The van der Waals surface area contributed by atoms with Crippen LogP contribution in [0.25, 0.3) is 11.4 Å². The molecule has 0 aliphatic rings. The van der Waals surface area contributed by atoms with Gasteiger partial charge < -0.3 is 61.8 Å². The second kappa shape index (κ2) is 38.5. The molecule has 0 spiro atoms. The fraction of sp³-hybridized carbons (Fsp3) is 0.163. The first-order chi connectivity index (χ1) is 48.1. The molecule has 1 aromatic heterocycles. The van der Waals surface area contributed by atoms with Gasteiger partial charge in [-0.3, -0.25) is 0 Å². The van der Waals surface area contributed by atoms with Crippen molar-refractivity contribution in [1.29, 1.82) is 0 Å². The third-order valence-corrected chi connectivity index (χ3v) is 16.7. The third-order valence-electron chi connectivity index (χ3n) is 16.3. The Morgan fingerprint density at radius 2 is 0.644 bits per heavy atom. The molecule has 0 unspecified atom stereocenters. The van der Waals surface area contributed by atoms with E-state index in [1.54, 1.807) is 14.2 Å². The van der Waals surface area contributed by atoms with Crippen LogP contribution in [0.5, 0.6) is 11.5 Å². The van der Waals surface area contributed by atoms with Crippen molar-refractivity contribution >= 4 is 48.4 Å². The summed E-state index contributed by atoms with van der Waals surface area (Å²) in [7, 11) is -7.14. The first-order valence-electron chi connectivity index (χ1n) is 32.9. The van der Waals surface area contributed by atoms with Crippen molar-refractivity contribution in [2.45, 2.75) is 78.1 Å². The summed E-state index contributed by atoms with van der Waals surface area (Å²) in [4.78, 5) is 18.9. The average Bonchev–Trinajstić information content (AvgIpc) is 1.43. The number of Topliss-reactive ketones (excluding diaryl/α,β-unsaturated/α-hetero) is 2. The number of methoxy groups -OCH3 is 2. The van der Waals surface area contributed by atoms with Crippen LogP contribution in [0.1, 0.15) is 155 Å². The minimum atomic E-state index is -10.7. The zero-order chi connectivity index (χ0) is 72.9. The van der Waals surface area contributed by atoms with E-state index in [4.69, 9.17) is 34.3 Å². The summed E-state index contributed by atoms with van der Waals surface area (Å²) >= 11 is 13.0. The van der Waals surface area contributed by atoms with Gasteiger partial charge >= 0.3 is 52.5 Å². The summed E-state index contributed by atoms with van der Waals surface area (Å²) in [5.41, 5.74) is 17.9. The van der Waals surface area contributed by atoms with Crippen molar-refractivity contribution in [2.75, 3.05) is 14.2 Å². The Balaban J connectivity index is 0.000000594. The maximum atomic E-state index is 9.87. The number of hydrogen-bond donors (Lipinski definition) is 0. The van der Waals surface area contributed by atoms with Gasteiger partial charge in [-0.25, -0.2) is 0 Å². The van der Waals surface area contributed by atoms with Crippen LogP contribution in [-0.4, -0.2) is 40.0 Å². The van der Waals surface area contributed by atoms with E-state index >= 15 is 0 Å². The smallest absolute Gasteiger partial charge is 1.00 e. The van der Waals surface area contributed by atoms with Gasteiger partial charge in [0.1, 0.15) is 46.8 Å². The molecule has 0 radical (unpaired) electrons. The zero-order valence-electron chi connectivity index (χ0n) is 59.0. The number of rotatable bonds is 18. The summed E-state index contributed by atoms with van der Waals surface area (Å²) in [6, 6.07) is 104. The van der Waals surface area contributed by atoms with Crippen molar-refractivity contribution < 1.29 is 86.2 Å². The SMILES string of the molecule is CC(C)=O.CC(C)=O.COc1cc(C(c2ccccc2)c2ccccc2)c(-n2cc[n+](-c3c(C(c4ccccc4)c4ccccc4)cc(OC)cc3C(c3ccccc3)c3ccccc3)c2C(=S)[S-])c(C(c2ccccc2)c2ccccc2)c1.Cc1ccc(C(C)C)cc1.F[P-](F)(F)(F)(F)F.O.[Cl-].[Ru+2]. The number of aryl methyl sites for hydroxylation is 1. The Kier molecular flexibility index (Phi) is 31.6. The second-order valence-corrected chi connectivity index (χ2v) is 27.8. The molecule has 7 nitrogen and oxygen atoms in total. The van der Waals surface area contributed by atoms with Crippen molar-refractivity contribution in [1.82, 2.24) is 4.57 Å².